The number of anilines is 1. The molecule has 2 aromatic heterocycles. The van der Waals surface area contributed by atoms with Crippen molar-refractivity contribution in [3.63, 3.8) is 0 Å². The van der Waals surface area contributed by atoms with E-state index in [1.807, 2.05) is 29.7 Å². The number of rotatable bonds is 5. The van der Waals surface area contributed by atoms with Gasteiger partial charge in [0, 0.05) is 19.3 Å². The van der Waals surface area contributed by atoms with E-state index in [0.717, 1.165) is 16.7 Å². The fraction of sp³-hybridized carbons (Fsp3) is 0.250. The third-order valence-electron chi connectivity index (χ3n) is 2.50. The molecule has 94 valence electrons. The second-order valence-electron chi connectivity index (χ2n) is 3.87. The summed E-state index contributed by atoms with van der Waals surface area (Å²) in [6.07, 6.45) is 6.15. The Bertz CT molecular complexity index is 587. The summed E-state index contributed by atoms with van der Waals surface area (Å²) in [7, 11) is 0. The number of hydrogen-bond acceptors (Lipinski definition) is 4. The summed E-state index contributed by atoms with van der Waals surface area (Å²) < 4.78 is 1.83. The summed E-state index contributed by atoms with van der Waals surface area (Å²) in [5.74, 6) is 0.486. The molecule has 0 atom stereocenters. The number of amides is 1. The van der Waals surface area contributed by atoms with Gasteiger partial charge in [0.15, 0.2) is 5.65 Å². The molecule has 0 spiro atoms. The highest BCUT2D eigenvalue weighted by molar-refractivity contribution is 5.79. The molecule has 0 aromatic carbocycles. The molecule has 2 heterocycles. The zero-order chi connectivity index (χ0) is 13.0. The second-order valence-corrected chi connectivity index (χ2v) is 3.87. The molecule has 0 saturated heterocycles. The van der Waals surface area contributed by atoms with E-state index >= 15 is 0 Å². The van der Waals surface area contributed by atoms with Crippen LogP contribution in [0.3, 0.4) is 0 Å². The molecule has 0 aliphatic rings. The zero-order valence-corrected chi connectivity index (χ0v) is 10.1. The third kappa shape index (κ3) is 2.38. The van der Waals surface area contributed by atoms with E-state index in [0.29, 0.717) is 25.4 Å². The lowest BCUT2D eigenvalue weighted by Crippen LogP contribution is -2.05. The number of imidazole rings is 1. The van der Waals surface area contributed by atoms with Gasteiger partial charge in [-0.25, -0.2) is 9.97 Å². The number of carbonyl (C=O) groups is 1. The maximum Gasteiger partial charge on any atom is 0.213 e. The number of hydrogen-bond donors (Lipinski definition) is 2. The van der Waals surface area contributed by atoms with Gasteiger partial charge in [-0.05, 0) is 18.6 Å². The Kier molecular flexibility index (Phi) is 3.69. The molecule has 1 amide bonds. The number of nitrogens with zero attached hydrogens (tertiary/aromatic N) is 3. The SMILES string of the molecule is Cc1cnc2c(c1)nc(NC=O)n2C/C=C/CN. The van der Waals surface area contributed by atoms with Crippen LogP contribution in [0.2, 0.25) is 0 Å². The maximum absolute atomic E-state index is 10.6. The fourth-order valence-electron chi connectivity index (χ4n) is 1.72. The first-order valence-corrected chi connectivity index (χ1v) is 5.64. The van der Waals surface area contributed by atoms with Gasteiger partial charge in [0.05, 0.1) is 0 Å². The van der Waals surface area contributed by atoms with Crippen molar-refractivity contribution in [1.82, 2.24) is 14.5 Å². The van der Waals surface area contributed by atoms with Gasteiger partial charge in [-0.15, -0.1) is 0 Å². The largest absolute Gasteiger partial charge is 0.327 e. The van der Waals surface area contributed by atoms with E-state index in [9.17, 15) is 4.79 Å². The number of nitrogens with one attached hydrogen (secondary N) is 1. The van der Waals surface area contributed by atoms with E-state index < -0.39 is 0 Å². The van der Waals surface area contributed by atoms with Crippen molar-refractivity contribution in [3.05, 3.63) is 30.0 Å². The Morgan fingerprint density at radius 3 is 3.06 bits per heavy atom. The van der Waals surface area contributed by atoms with Crippen molar-refractivity contribution in [1.29, 1.82) is 0 Å². The van der Waals surface area contributed by atoms with Gasteiger partial charge in [0.1, 0.15) is 5.52 Å². The number of fused-ring (bicyclic) bond motifs is 1. The monoisotopic (exact) mass is 245 g/mol. The van der Waals surface area contributed by atoms with Crippen LogP contribution in [0.5, 0.6) is 0 Å². The van der Waals surface area contributed by atoms with Gasteiger partial charge in [-0.3, -0.25) is 14.7 Å². The number of allylic oxidation sites excluding steroid dienone is 1. The molecular formula is C12H15N5O. The maximum atomic E-state index is 10.6. The van der Waals surface area contributed by atoms with Crippen LogP contribution >= 0.6 is 0 Å². The highest BCUT2D eigenvalue weighted by atomic mass is 16.1. The number of aryl methyl sites for hydroxylation is 1. The van der Waals surface area contributed by atoms with Crippen LogP contribution in [-0.4, -0.2) is 27.5 Å². The minimum atomic E-state index is 0.482. The predicted molar refractivity (Wildman–Crippen MR) is 70.1 cm³/mol. The smallest absolute Gasteiger partial charge is 0.213 e. The van der Waals surface area contributed by atoms with E-state index in [2.05, 4.69) is 15.3 Å². The van der Waals surface area contributed by atoms with Gasteiger partial charge in [0.2, 0.25) is 12.4 Å². The van der Waals surface area contributed by atoms with Gasteiger partial charge < -0.3 is 5.73 Å². The van der Waals surface area contributed by atoms with E-state index in [4.69, 9.17) is 5.73 Å². The first-order valence-electron chi connectivity index (χ1n) is 5.64. The molecule has 0 aliphatic carbocycles. The third-order valence-corrected chi connectivity index (χ3v) is 2.50. The molecule has 2 aromatic rings. The molecule has 6 heteroatoms. The predicted octanol–water partition coefficient (Wildman–Crippen LogP) is 0.823. The summed E-state index contributed by atoms with van der Waals surface area (Å²) in [5.41, 5.74) is 7.93. The van der Waals surface area contributed by atoms with Crippen molar-refractivity contribution in [3.8, 4) is 0 Å². The normalized spacial score (nSPS) is 11.2. The molecule has 3 N–H and O–H groups in total. The molecule has 0 aliphatic heterocycles. The van der Waals surface area contributed by atoms with Crippen molar-refractivity contribution < 1.29 is 4.79 Å². The minimum absolute atomic E-state index is 0.482. The van der Waals surface area contributed by atoms with Crippen LogP contribution in [0.25, 0.3) is 11.2 Å². The Morgan fingerprint density at radius 2 is 2.33 bits per heavy atom. The van der Waals surface area contributed by atoms with E-state index in [1.54, 1.807) is 6.20 Å². The summed E-state index contributed by atoms with van der Waals surface area (Å²) in [5, 5.41) is 2.58. The fourth-order valence-corrected chi connectivity index (χ4v) is 1.72. The lowest BCUT2D eigenvalue weighted by Gasteiger charge is -2.03. The molecule has 0 fully saturated rings. The first-order chi connectivity index (χ1) is 8.76. The van der Waals surface area contributed by atoms with Crippen molar-refractivity contribution in [2.24, 2.45) is 5.73 Å². The van der Waals surface area contributed by atoms with Crippen LogP contribution < -0.4 is 11.1 Å². The van der Waals surface area contributed by atoms with E-state index in [-0.39, 0.29) is 0 Å². The summed E-state index contributed by atoms with van der Waals surface area (Å²) in [4.78, 5) is 19.3. The number of aromatic nitrogens is 3. The number of carbonyl (C=O) groups excluding carboxylic acids is 1. The first kappa shape index (κ1) is 12.3. The number of nitrogens with two attached hydrogens (primary N) is 1. The van der Waals surface area contributed by atoms with Crippen molar-refractivity contribution in [2.45, 2.75) is 13.5 Å². The number of pyridine rings is 1. The molecule has 0 unspecified atom stereocenters. The Hall–Kier alpha value is -2.21. The zero-order valence-electron chi connectivity index (χ0n) is 10.1. The van der Waals surface area contributed by atoms with Crippen LogP contribution in [-0.2, 0) is 11.3 Å². The molecule has 0 bridgehead atoms. The van der Waals surface area contributed by atoms with Crippen molar-refractivity contribution >= 4 is 23.5 Å². The van der Waals surface area contributed by atoms with Gasteiger partial charge in [0.25, 0.3) is 0 Å². The average Bonchev–Trinajstić information content (AvgIpc) is 2.67. The van der Waals surface area contributed by atoms with Gasteiger partial charge >= 0.3 is 0 Å². The molecule has 0 saturated carbocycles. The van der Waals surface area contributed by atoms with Crippen LogP contribution in [0.1, 0.15) is 5.56 Å². The lowest BCUT2D eigenvalue weighted by molar-refractivity contribution is -0.105. The highest BCUT2D eigenvalue weighted by Gasteiger charge is 2.10. The summed E-state index contributed by atoms with van der Waals surface area (Å²) in [6.45, 7) is 3.00. The van der Waals surface area contributed by atoms with Gasteiger partial charge in [-0.1, -0.05) is 12.2 Å². The van der Waals surface area contributed by atoms with Crippen LogP contribution in [0, 0.1) is 6.92 Å². The Balaban J connectivity index is 2.47. The Morgan fingerprint density at radius 1 is 1.50 bits per heavy atom. The van der Waals surface area contributed by atoms with Crippen molar-refractivity contribution in [2.75, 3.05) is 11.9 Å². The lowest BCUT2D eigenvalue weighted by atomic mass is 10.3. The quantitative estimate of drug-likeness (QED) is 0.603. The van der Waals surface area contributed by atoms with Gasteiger partial charge in [-0.2, -0.15) is 0 Å². The molecule has 6 nitrogen and oxygen atoms in total. The molecule has 18 heavy (non-hydrogen) atoms. The van der Waals surface area contributed by atoms with E-state index in [1.165, 1.54) is 0 Å². The standard InChI is InChI=1S/C12H15N5O/c1-9-6-10-11(14-7-9)17(5-3-2-4-13)12(16-10)15-8-18/h2-3,6-8H,4-5,13H2,1H3,(H,15,16,18)/b3-2+. The molecule has 2 rings (SSSR count). The van der Waals surface area contributed by atoms with Crippen LogP contribution in [0.4, 0.5) is 5.95 Å². The van der Waals surface area contributed by atoms with Crippen LogP contribution in [0.15, 0.2) is 24.4 Å². The molecule has 0 radical (unpaired) electrons. The summed E-state index contributed by atoms with van der Waals surface area (Å²) >= 11 is 0. The second kappa shape index (κ2) is 5.42. The minimum Gasteiger partial charge on any atom is -0.327 e. The topological polar surface area (TPSA) is 85.8 Å². The molecular weight excluding hydrogens is 230 g/mol. The average molecular weight is 245 g/mol. The summed E-state index contributed by atoms with van der Waals surface area (Å²) in [6, 6.07) is 1.93. The highest BCUT2D eigenvalue weighted by Crippen LogP contribution is 2.18. The Labute approximate surface area is 105 Å².